The molecule has 1 N–H and O–H groups in total. The second kappa shape index (κ2) is 9.46. The Bertz CT molecular complexity index is 1020. The normalized spacial score (nSPS) is 18.0. The molecular weight excluding hydrogens is 386 g/mol. The third kappa shape index (κ3) is 4.27. The van der Waals surface area contributed by atoms with Crippen molar-refractivity contribution in [2.75, 3.05) is 18.5 Å². The molecule has 0 spiro atoms. The number of ketones is 1. The number of carbonyl (C=O) groups is 1. The van der Waals surface area contributed by atoms with E-state index in [1.54, 1.807) is 0 Å². The van der Waals surface area contributed by atoms with Crippen LogP contribution in [0.3, 0.4) is 0 Å². The average molecular weight is 415 g/mol. The Morgan fingerprint density at radius 3 is 2.19 bits per heavy atom. The molecule has 0 aromatic heterocycles. The molecule has 0 fully saturated rings. The quantitative estimate of drug-likeness (QED) is 0.477. The SMILES string of the molecule is [CH2]c1cccc2c1C(=O)C(c1ccc(C(OCC)OCC)cc1)C(c1ccccc1)N2. The number of nitrogens with one attached hydrogen (secondary N) is 1. The Morgan fingerprint density at radius 1 is 0.871 bits per heavy atom. The van der Waals surface area contributed by atoms with Gasteiger partial charge < -0.3 is 14.8 Å². The molecular formula is C27H28NO3. The van der Waals surface area contributed by atoms with Crippen molar-refractivity contribution in [3.63, 3.8) is 0 Å². The molecule has 2 atom stereocenters. The van der Waals surface area contributed by atoms with Gasteiger partial charge in [-0.15, -0.1) is 0 Å². The number of fused-ring (bicyclic) bond motifs is 1. The average Bonchev–Trinajstić information content (AvgIpc) is 2.79. The number of benzene rings is 3. The summed E-state index contributed by atoms with van der Waals surface area (Å²) in [5, 5.41) is 3.60. The molecule has 1 aliphatic heterocycles. The highest BCUT2D eigenvalue weighted by Crippen LogP contribution is 2.43. The standard InChI is InChI=1S/C27H28NO3/c1-4-30-27(31-5-2)21-16-14-19(15-17-21)24-25(20-11-7-6-8-12-20)28-22-13-9-10-18(3)23(22)26(24)29/h6-17,24-25,27-28H,3-5H2,1-2H3. The first-order chi connectivity index (χ1) is 15.1. The molecule has 1 heterocycles. The van der Waals surface area contributed by atoms with Crippen molar-refractivity contribution < 1.29 is 14.3 Å². The van der Waals surface area contributed by atoms with Gasteiger partial charge in [0.25, 0.3) is 0 Å². The first kappa shape index (κ1) is 21.3. The van der Waals surface area contributed by atoms with Gasteiger partial charge in [-0.1, -0.05) is 66.7 Å². The Morgan fingerprint density at radius 2 is 1.55 bits per heavy atom. The Labute approximate surface area is 184 Å². The summed E-state index contributed by atoms with van der Waals surface area (Å²) in [4.78, 5) is 13.7. The predicted molar refractivity (Wildman–Crippen MR) is 123 cm³/mol. The van der Waals surface area contributed by atoms with E-state index in [-0.39, 0.29) is 17.7 Å². The lowest BCUT2D eigenvalue weighted by Crippen LogP contribution is -2.32. The van der Waals surface area contributed by atoms with Gasteiger partial charge in [0.2, 0.25) is 0 Å². The van der Waals surface area contributed by atoms with Gasteiger partial charge in [0.15, 0.2) is 12.1 Å². The van der Waals surface area contributed by atoms with Crippen molar-refractivity contribution in [2.45, 2.75) is 32.1 Å². The fourth-order valence-electron chi connectivity index (χ4n) is 4.25. The van der Waals surface area contributed by atoms with Crippen LogP contribution in [0.4, 0.5) is 5.69 Å². The lowest BCUT2D eigenvalue weighted by Gasteiger charge is -2.35. The van der Waals surface area contributed by atoms with Gasteiger partial charge in [-0.3, -0.25) is 4.79 Å². The van der Waals surface area contributed by atoms with E-state index in [1.165, 1.54) is 0 Å². The van der Waals surface area contributed by atoms with Crippen LogP contribution >= 0.6 is 0 Å². The van der Waals surface area contributed by atoms with Gasteiger partial charge in [-0.25, -0.2) is 0 Å². The van der Waals surface area contributed by atoms with Crippen LogP contribution in [0.5, 0.6) is 0 Å². The number of carbonyl (C=O) groups excluding carboxylic acids is 1. The minimum Gasteiger partial charge on any atom is -0.377 e. The summed E-state index contributed by atoms with van der Waals surface area (Å²) < 4.78 is 11.4. The maximum atomic E-state index is 13.7. The molecule has 4 rings (SSSR count). The first-order valence-corrected chi connectivity index (χ1v) is 10.8. The van der Waals surface area contributed by atoms with Crippen molar-refractivity contribution in [1.82, 2.24) is 0 Å². The maximum absolute atomic E-state index is 13.7. The van der Waals surface area contributed by atoms with E-state index >= 15 is 0 Å². The fraction of sp³-hybridized carbons (Fsp3) is 0.259. The first-order valence-electron chi connectivity index (χ1n) is 10.8. The second-order valence-corrected chi connectivity index (χ2v) is 7.62. The molecule has 0 saturated heterocycles. The molecule has 3 aromatic rings. The molecule has 0 bridgehead atoms. The highest BCUT2D eigenvalue weighted by atomic mass is 16.7. The number of hydrogen-bond donors (Lipinski definition) is 1. The number of ether oxygens (including phenoxy) is 2. The van der Waals surface area contributed by atoms with Crippen LogP contribution in [0, 0.1) is 6.92 Å². The second-order valence-electron chi connectivity index (χ2n) is 7.62. The van der Waals surface area contributed by atoms with E-state index in [2.05, 4.69) is 24.4 Å². The Hall–Kier alpha value is -2.95. The summed E-state index contributed by atoms with van der Waals surface area (Å²) in [6.07, 6.45) is -0.402. The molecule has 4 nitrogen and oxygen atoms in total. The molecule has 2 unspecified atom stereocenters. The zero-order valence-corrected chi connectivity index (χ0v) is 18.0. The summed E-state index contributed by atoms with van der Waals surface area (Å²) >= 11 is 0. The molecule has 0 amide bonds. The summed E-state index contributed by atoms with van der Waals surface area (Å²) in [5.41, 5.74) is 5.23. The van der Waals surface area contributed by atoms with Gasteiger partial charge in [-0.05, 0) is 43.5 Å². The van der Waals surface area contributed by atoms with Crippen LogP contribution < -0.4 is 5.32 Å². The van der Waals surface area contributed by atoms with Gasteiger partial charge in [-0.2, -0.15) is 0 Å². The van der Waals surface area contributed by atoms with Crippen LogP contribution in [0.15, 0.2) is 72.8 Å². The van der Waals surface area contributed by atoms with Crippen LogP contribution in [0.2, 0.25) is 0 Å². The molecule has 3 aromatic carbocycles. The number of hydrogen-bond acceptors (Lipinski definition) is 4. The summed E-state index contributed by atoms with van der Waals surface area (Å²) in [7, 11) is 0. The van der Waals surface area contributed by atoms with E-state index in [0.29, 0.717) is 18.8 Å². The molecule has 0 saturated carbocycles. The molecule has 159 valence electrons. The topological polar surface area (TPSA) is 47.6 Å². The molecule has 4 heteroatoms. The number of anilines is 1. The van der Waals surface area contributed by atoms with Crippen molar-refractivity contribution in [2.24, 2.45) is 0 Å². The van der Waals surface area contributed by atoms with Gasteiger partial charge in [0.1, 0.15) is 0 Å². The van der Waals surface area contributed by atoms with Crippen molar-refractivity contribution in [3.8, 4) is 0 Å². The van der Waals surface area contributed by atoms with Crippen molar-refractivity contribution in [1.29, 1.82) is 0 Å². The van der Waals surface area contributed by atoms with Crippen LogP contribution in [-0.4, -0.2) is 19.0 Å². The predicted octanol–water partition coefficient (Wildman–Crippen LogP) is 6.07. The molecule has 31 heavy (non-hydrogen) atoms. The summed E-state index contributed by atoms with van der Waals surface area (Å²) in [6.45, 7) is 9.13. The van der Waals surface area contributed by atoms with E-state index in [1.807, 2.05) is 74.5 Å². The number of Topliss-reactive ketones (excluding diaryl/α,β-unsaturated/α-hetero) is 1. The Balaban J connectivity index is 1.75. The smallest absolute Gasteiger partial charge is 0.183 e. The fourth-order valence-corrected chi connectivity index (χ4v) is 4.25. The highest BCUT2D eigenvalue weighted by Gasteiger charge is 2.38. The minimum atomic E-state index is -0.402. The van der Waals surface area contributed by atoms with Gasteiger partial charge >= 0.3 is 0 Å². The van der Waals surface area contributed by atoms with Crippen molar-refractivity contribution in [3.05, 3.63) is 108 Å². The zero-order valence-electron chi connectivity index (χ0n) is 18.0. The van der Waals surface area contributed by atoms with E-state index in [0.717, 1.165) is 27.9 Å². The molecule has 1 radical (unpaired) electrons. The Kier molecular flexibility index (Phi) is 6.50. The third-order valence-corrected chi connectivity index (χ3v) is 5.69. The number of rotatable bonds is 7. The minimum absolute atomic E-state index is 0.0899. The monoisotopic (exact) mass is 414 g/mol. The lowest BCUT2D eigenvalue weighted by atomic mass is 9.77. The zero-order chi connectivity index (χ0) is 21.8. The summed E-state index contributed by atoms with van der Waals surface area (Å²) in [5.74, 6) is -0.267. The lowest BCUT2D eigenvalue weighted by molar-refractivity contribution is -0.140. The van der Waals surface area contributed by atoms with Crippen LogP contribution in [0.1, 0.15) is 64.7 Å². The van der Waals surface area contributed by atoms with Crippen LogP contribution in [0.25, 0.3) is 0 Å². The molecule has 0 aliphatic carbocycles. The highest BCUT2D eigenvalue weighted by molar-refractivity contribution is 6.09. The van der Waals surface area contributed by atoms with Gasteiger partial charge in [0.05, 0.1) is 12.0 Å². The van der Waals surface area contributed by atoms with Crippen LogP contribution in [-0.2, 0) is 9.47 Å². The van der Waals surface area contributed by atoms with E-state index in [4.69, 9.17) is 9.47 Å². The maximum Gasteiger partial charge on any atom is 0.183 e. The van der Waals surface area contributed by atoms with E-state index < -0.39 is 6.29 Å². The third-order valence-electron chi connectivity index (χ3n) is 5.69. The van der Waals surface area contributed by atoms with Crippen molar-refractivity contribution >= 4 is 11.5 Å². The summed E-state index contributed by atoms with van der Waals surface area (Å²) in [6, 6.07) is 23.7. The largest absolute Gasteiger partial charge is 0.377 e. The molecule has 1 aliphatic rings. The van der Waals surface area contributed by atoms with Gasteiger partial charge in [0, 0.05) is 30.0 Å². The van der Waals surface area contributed by atoms with E-state index in [9.17, 15) is 4.79 Å².